The van der Waals surface area contributed by atoms with Gasteiger partial charge in [-0.1, -0.05) is 72.5 Å². The predicted octanol–water partition coefficient (Wildman–Crippen LogP) is 6.17. The van der Waals surface area contributed by atoms with E-state index in [0.717, 1.165) is 28.2 Å². The van der Waals surface area contributed by atoms with Crippen LogP contribution in [0.25, 0.3) is 11.1 Å². The molecule has 0 spiro atoms. The van der Waals surface area contributed by atoms with Crippen LogP contribution in [-0.4, -0.2) is 6.79 Å². The molecule has 0 N–H and O–H groups in total. The van der Waals surface area contributed by atoms with E-state index in [0.29, 0.717) is 0 Å². The quantitative estimate of drug-likeness (QED) is 0.306. The molecule has 0 amide bonds. The van der Waals surface area contributed by atoms with E-state index in [4.69, 9.17) is 9.47 Å². The van der Waals surface area contributed by atoms with E-state index in [9.17, 15) is 0 Å². The van der Waals surface area contributed by atoms with Crippen LogP contribution < -0.4 is 9.47 Å². The van der Waals surface area contributed by atoms with E-state index >= 15 is 0 Å². The van der Waals surface area contributed by atoms with Crippen LogP contribution in [0.4, 0.5) is 0 Å². The lowest BCUT2D eigenvalue weighted by molar-refractivity contribution is 0.120. The smallest absolute Gasteiger partial charge is 0.230 e. The average Bonchev–Trinajstić information content (AvgIpc) is 2.80. The van der Waals surface area contributed by atoms with E-state index in [2.05, 4.69) is 24.0 Å². The fourth-order valence-corrected chi connectivity index (χ4v) is 2.84. The van der Waals surface area contributed by atoms with E-state index in [1.165, 1.54) is 5.56 Å². The summed E-state index contributed by atoms with van der Waals surface area (Å²) < 4.78 is 11.4. The van der Waals surface area contributed by atoms with Gasteiger partial charge in [-0.05, 0) is 59.7 Å². The minimum atomic E-state index is 0.153. The molecule has 4 rings (SSSR count). The zero-order valence-electron chi connectivity index (χ0n) is 15.9. The fourth-order valence-electron chi connectivity index (χ4n) is 2.84. The molecule has 0 radical (unpaired) electrons. The first-order valence-corrected chi connectivity index (χ1v) is 9.45. The van der Waals surface area contributed by atoms with Crippen molar-refractivity contribution >= 4 is 0 Å². The van der Waals surface area contributed by atoms with Crippen molar-refractivity contribution in [2.24, 2.45) is 0 Å². The van der Waals surface area contributed by atoms with Crippen LogP contribution in [0.2, 0.25) is 0 Å². The van der Waals surface area contributed by atoms with Gasteiger partial charge >= 0.3 is 0 Å². The lowest BCUT2D eigenvalue weighted by Gasteiger charge is -2.09. The molecule has 0 saturated heterocycles. The van der Waals surface area contributed by atoms with Gasteiger partial charge in [0.1, 0.15) is 11.5 Å². The molecular formula is C27H20O2. The summed E-state index contributed by atoms with van der Waals surface area (Å²) in [5, 5.41) is 0. The number of ether oxygens (including phenoxy) is 2. The van der Waals surface area contributed by atoms with E-state index in [-0.39, 0.29) is 6.79 Å². The molecular weight excluding hydrogens is 356 g/mol. The topological polar surface area (TPSA) is 18.5 Å². The standard InChI is InChI=1S/C27H20O2/c1-3-7-22(8-4-1)11-12-23-13-17-26(18-14-23)28-21-29-27-19-15-25(16-20-27)24-9-5-2-6-10-24/h1-10,13-20H,21H2. The first-order valence-electron chi connectivity index (χ1n) is 9.45. The Bertz CT molecular complexity index is 1090. The first kappa shape index (κ1) is 18.4. The highest BCUT2D eigenvalue weighted by Crippen LogP contribution is 2.22. The van der Waals surface area contributed by atoms with Crippen molar-refractivity contribution in [1.29, 1.82) is 0 Å². The predicted molar refractivity (Wildman–Crippen MR) is 117 cm³/mol. The second-order valence-corrected chi connectivity index (χ2v) is 6.44. The second-order valence-electron chi connectivity index (χ2n) is 6.44. The molecule has 0 aromatic heterocycles. The Morgan fingerprint density at radius 3 is 1.48 bits per heavy atom. The zero-order valence-corrected chi connectivity index (χ0v) is 15.9. The second kappa shape index (κ2) is 9.30. The van der Waals surface area contributed by atoms with Gasteiger partial charge in [0, 0.05) is 11.1 Å². The van der Waals surface area contributed by atoms with Crippen molar-refractivity contribution in [3.05, 3.63) is 120 Å². The van der Waals surface area contributed by atoms with Crippen LogP contribution in [0.5, 0.6) is 11.5 Å². The number of hydrogen-bond acceptors (Lipinski definition) is 2. The van der Waals surface area contributed by atoms with E-state index in [1.54, 1.807) is 0 Å². The SMILES string of the molecule is C(#Cc1ccc(OCOc2ccc(-c3ccccc3)cc2)cc1)c1ccccc1. The van der Waals surface area contributed by atoms with E-state index in [1.807, 2.05) is 97.1 Å². The maximum Gasteiger partial charge on any atom is 0.230 e. The lowest BCUT2D eigenvalue weighted by atomic mass is 10.1. The number of hydrogen-bond donors (Lipinski definition) is 0. The van der Waals surface area contributed by atoms with Crippen LogP contribution >= 0.6 is 0 Å². The molecule has 29 heavy (non-hydrogen) atoms. The molecule has 140 valence electrons. The Hall–Kier alpha value is -3.96. The largest absolute Gasteiger partial charge is 0.458 e. The molecule has 0 unspecified atom stereocenters. The Labute approximate surface area is 171 Å². The van der Waals surface area contributed by atoms with Crippen molar-refractivity contribution in [3.8, 4) is 34.5 Å². The van der Waals surface area contributed by atoms with Gasteiger partial charge in [-0.3, -0.25) is 0 Å². The van der Waals surface area contributed by atoms with Gasteiger partial charge < -0.3 is 9.47 Å². The Morgan fingerprint density at radius 1 is 0.448 bits per heavy atom. The summed E-state index contributed by atoms with van der Waals surface area (Å²) in [7, 11) is 0. The van der Waals surface area contributed by atoms with Crippen LogP contribution in [0, 0.1) is 11.8 Å². The van der Waals surface area contributed by atoms with Gasteiger partial charge in [-0.2, -0.15) is 0 Å². The Morgan fingerprint density at radius 2 is 0.897 bits per heavy atom. The molecule has 0 bridgehead atoms. The van der Waals surface area contributed by atoms with Crippen molar-refractivity contribution in [3.63, 3.8) is 0 Å². The first-order chi connectivity index (χ1) is 14.4. The van der Waals surface area contributed by atoms with Crippen molar-refractivity contribution < 1.29 is 9.47 Å². The minimum Gasteiger partial charge on any atom is -0.458 e. The molecule has 0 fully saturated rings. The monoisotopic (exact) mass is 376 g/mol. The summed E-state index contributed by atoms with van der Waals surface area (Å²) >= 11 is 0. The summed E-state index contributed by atoms with van der Waals surface area (Å²) in [6.07, 6.45) is 0. The summed E-state index contributed by atoms with van der Waals surface area (Å²) in [5.41, 5.74) is 4.29. The maximum absolute atomic E-state index is 5.69. The van der Waals surface area contributed by atoms with Crippen LogP contribution in [-0.2, 0) is 0 Å². The van der Waals surface area contributed by atoms with Crippen LogP contribution in [0.3, 0.4) is 0 Å². The molecule has 0 atom stereocenters. The van der Waals surface area contributed by atoms with Crippen molar-refractivity contribution in [1.82, 2.24) is 0 Å². The molecule has 0 saturated carbocycles. The number of rotatable bonds is 5. The Balaban J connectivity index is 1.29. The third kappa shape index (κ3) is 5.28. The molecule has 0 aliphatic heterocycles. The normalized spacial score (nSPS) is 9.93. The summed E-state index contributed by atoms with van der Waals surface area (Å²) in [6.45, 7) is 0.153. The van der Waals surface area contributed by atoms with Gasteiger partial charge in [0.05, 0.1) is 0 Å². The third-order valence-corrected chi connectivity index (χ3v) is 4.39. The fraction of sp³-hybridized carbons (Fsp3) is 0.0370. The van der Waals surface area contributed by atoms with Gasteiger partial charge in [-0.25, -0.2) is 0 Å². The Kier molecular flexibility index (Phi) is 5.90. The highest BCUT2D eigenvalue weighted by Gasteiger charge is 1.99. The van der Waals surface area contributed by atoms with Gasteiger partial charge in [0.2, 0.25) is 6.79 Å². The third-order valence-electron chi connectivity index (χ3n) is 4.39. The molecule has 0 heterocycles. The number of benzene rings is 4. The van der Waals surface area contributed by atoms with Gasteiger partial charge in [0.25, 0.3) is 0 Å². The molecule has 0 aliphatic carbocycles. The maximum atomic E-state index is 5.69. The summed E-state index contributed by atoms with van der Waals surface area (Å²) in [6, 6.07) is 35.9. The molecule has 0 aliphatic rings. The summed E-state index contributed by atoms with van der Waals surface area (Å²) in [5.74, 6) is 7.82. The average molecular weight is 376 g/mol. The molecule has 4 aromatic carbocycles. The lowest BCUT2D eigenvalue weighted by Crippen LogP contribution is -2.05. The molecule has 4 aromatic rings. The highest BCUT2D eigenvalue weighted by molar-refractivity contribution is 5.63. The van der Waals surface area contributed by atoms with Crippen molar-refractivity contribution in [2.45, 2.75) is 0 Å². The molecule has 2 heteroatoms. The van der Waals surface area contributed by atoms with Crippen LogP contribution in [0.1, 0.15) is 11.1 Å². The summed E-state index contributed by atoms with van der Waals surface area (Å²) in [4.78, 5) is 0. The van der Waals surface area contributed by atoms with E-state index < -0.39 is 0 Å². The highest BCUT2D eigenvalue weighted by atomic mass is 16.7. The minimum absolute atomic E-state index is 0.153. The van der Waals surface area contributed by atoms with Gasteiger partial charge in [0.15, 0.2) is 0 Å². The van der Waals surface area contributed by atoms with Crippen LogP contribution in [0.15, 0.2) is 109 Å². The zero-order chi connectivity index (χ0) is 19.7. The molecule has 2 nitrogen and oxygen atoms in total. The van der Waals surface area contributed by atoms with Gasteiger partial charge in [-0.15, -0.1) is 0 Å². The van der Waals surface area contributed by atoms with Crippen molar-refractivity contribution in [2.75, 3.05) is 6.79 Å².